The van der Waals surface area contributed by atoms with Crippen molar-refractivity contribution in [1.82, 2.24) is 0 Å². The minimum atomic E-state index is -1.03. The monoisotopic (exact) mass is 319 g/mol. The van der Waals surface area contributed by atoms with Crippen LogP contribution < -0.4 is 9.64 Å². The van der Waals surface area contributed by atoms with Crippen LogP contribution in [-0.2, 0) is 11.2 Å². The van der Waals surface area contributed by atoms with E-state index in [9.17, 15) is 9.59 Å². The second-order valence-corrected chi connectivity index (χ2v) is 5.59. The maximum atomic E-state index is 12.5. The number of hydrogen-bond donors (Lipinski definition) is 1. The molecule has 5 nitrogen and oxygen atoms in total. The van der Waals surface area contributed by atoms with Crippen LogP contribution in [0.3, 0.4) is 0 Å². The first-order valence-corrected chi connectivity index (χ1v) is 7.70. The minimum Gasteiger partial charge on any atom is -0.482 e. The summed E-state index contributed by atoms with van der Waals surface area (Å²) in [6, 6.07) is 8.73. The first-order valence-electron chi connectivity index (χ1n) is 6.82. The Hall–Kier alpha value is -2.34. The van der Waals surface area contributed by atoms with Crippen molar-refractivity contribution in [3.05, 3.63) is 46.2 Å². The van der Waals surface area contributed by atoms with Gasteiger partial charge >= 0.3 is 5.97 Å². The number of carbonyl (C=O) groups is 2. The van der Waals surface area contributed by atoms with E-state index in [1.54, 1.807) is 36.2 Å². The molecular weight excluding hydrogens is 302 g/mol. The molecule has 0 aliphatic rings. The van der Waals surface area contributed by atoms with Crippen LogP contribution in [-0.4, -0.2) is 30.6 Å². The predicted octanol–water partition coefficient (Wildman–Crippen LogP) is 3.05. The molecule has 0 aliphatic heterocycles. The molecule has 2 rings (SSSR count). The largest absolute Gasteiger partial charge is 0.482 e. The lowest BCUT2D eigenvalue weighted by Gasteiger charge is -2.17. The number of aliphatic carboxylic acids is 1. The quantitative estimate of drug-likeness (QED) is 0.888. The highest BCUT2D eigenvalue weighted by Crippen LogP contribution is 2.24. The second-order valence-electron chi connectivity index (χ2n) is 4.67. The van der Waals surface area contributed by atoms with E-state index in [-0.39, 0.29) is 12.5 Å². The van der Waals surface area contributed by atoms with Crippen molar-refractivity contribution in [1.29, 1.82) is 0 Å². The number of ether oxygens (including phenoxy) is 1. The maximum Gasteiger partial charge on any atom is 0.341 e. The van der Waals surface area contributed by atoms with E-state index in [4.69, 9.17) is 9.84 Å². The van der Waals surface area contributed by atoms with E-state index < -0.39 is 5.97 Å². The third-order valence-electron chi connectivity index (χ3n) is 3.21. The lowest BCUT2D eigenvalue weighted by molar-refractivity contribution is -0.139. The molecular formula is C16H17NO4S. The summed E-state index contributed by atoms with van der Waals surface area (Å²) < 4.78 is 5.07. The van der Waals surface area contributed by atoms with Crippen molar-refractivity contribution in [2.24, 2.45) is 0 Å². The first-order chi connectivity index (χ1) is 10.5. The number of benzene rings is 1. The molecule has 0 aliphatic carbocycles. The van der Waals surface area contributed by atoms with Crippen LogP contribution in [0.15, 0.2) is 35.7 Å². The highest BCUT2D eigenvalue weighted by atomic mass is 32.1. The summed E-state index contributed by atoms with van der Waals surface area (Å²) in [5.74, 6) is -0.621. The highest BCUT2D eigenvalue weighted by Gasteiger charge is 2.17. The van der Waals surface area contributed by atoms with Gasteiger partial charge in [-0.25, -0.2) is 4.79 Å². The zero-order chi connectivity index (χ0) is 16.1. The van der Waals surface area contributed by atoms with Gasteiger partial charge in [0.25, 0.3) is 5.91 Å². The summed E-state index contributed by atoms with van der Waals surface area (Å²) in [6.07, 6.45) is 0.820. The molecule has 0 fully saturated rings. The number of hydrogen-bond acceptors (Lipinski definition) is 4. The van der Waals surface area contributed by atoms with Crippen LogP contribution >= 0.6 is 11.3 Å². The molecule has 0 atom stereocenters. The Bertz CT molecular complexity index is 663. The van der Waals surface area contributed by atoms with Crippen LogP contribution in [0.1, 0.15) is 22.2 Å². The lowest BCUT2D eigenvalue weighted by atomic mass is 10.2. The van der Waals surface area contributed by atoms with E-state index >= 15 is 0 Å². The molecule has 2 aromatic rings. The van der Waals surface area contributed by atoms with Crippen LogP contribution in [0.5, 0.6) is 5.75 Å². The van der Waals surface area contributed by atoms with Gasteiger partial charge < -0.3 is 14.7 Å². The standard InChI is InChI=1S/C16H17NO4S/c1-3-11-8-9-22-15(11)16(20)17(2)12-4-6-13(7-5-12)21-10-14(18)19/h4-9H,3,10H2,1-2H3,(H,18,19). The fourth-order valence-corrected chi connectivity index (χ4v) is 2.95. The van der Waals surface area contributed by atoms with Gasteiger partial charge in [-0.05, 0) is 47.7 Å². The second kappa shape index (κ2) is 7.09. The van der Waals surface area contributed by atoms with Crippen molar-refractivity contribution in [2.75, 3.05) is 18.6 Å². The molecule has 116 valence electrons. The van der Waals surface area contributed by atoms with Gasteiger partial charge in [0.1, 0.15) is 5.75 Å². The Morgan fingerprint density at radius 3 is 2.50 bits per heavy atom. The lowest BCUT2D eigenvalue weighted by Crippen LogP contribution is -2.26. The Morgan fingerprint density at radius 2 is 1.91 bits per heavy atom. The van der Waals surface area contributed by atoms with Crippen LogP contribution in [0.25, 0.3) is 0 Å². The number of rotatable bonds is 6. The first kappa shape index (κ1) is 16.0. The zero-order valence-electron chi connectivity index (χ0n) is 12.4. The summed E-state index contributed by atoms with van der Waals surface area (Å²) in [5.41, 5.74) is 1.77. The number of carbonyl (C=O) groups excluding carboxylic acids is 1. The van der Waals surface area contributed by atoms with Crippen molar-refractivity contribution in [2.45, 2.75) is 13.3 Å². The smallest absolute Gasteiger partial charge is 0.341 e. The maximum absolute atomic E-state index is 12.5. The summed E-state index contributed by atoms with van der Waals surface area (Å²) in [7, 11) is 1.72. The van der Waals surface area contributed by atoms with E-state index in [0.717, 1.165) is 22.5 Å². The van der Waals surface area contributed by atoms with Crippen molar-refractivity contribution in [3.8, 4) is 5.75 Å². The molecule has 0 spiro atoms. The number of nitrogens with zero attached hydrogens (tertiary/aromatic N) is 1. The molecule has 22 heavy (non-hydrogen) atoms. The molecule has 1 heterocycles. The van der Waals surface area contributed by atoms with E-state index in [1.165, 1.54) is 11.3 Å². The zero-order valence-corrected chi connectivity index (χ0v) is 13.2. The van der Waals surface area contributed by atoms with Crippen molar-refractivity contribution >= 4 is 28.9 Å². The number of amides is 1. The Kier molecular flexibility index (Phi) is 5.16. The summed E-state index contributed by atoms with van der Waals surface area (Å²) in [5, 5.41) is 10.5. The van der Waals surface area contributed by atoms with Crippen molar-refractivity contribution in [3.63, 3.8) is 0 Å². The van der Waals surface area contributed by atoms with Gasteiger partial charge in [0, 0.05) is 12.7 Å². The van der Waals surface area contributed by atoms with Gasteiger partial charge in [0.15, 0.2) is 6.61 Å². The Balaban J connectivity index is 2.10. The molecule has 0 saturated heterocycles. The SMILES string of the molecule is CCc1ccsc1C(=O)N(C)c1ccc(OCC(=O)O)cc1. The third-order valence-corrected chi connectivity index (χ3v) is 4.16. The molecule has 0 unspecified atom stereocenters. The average Bonchev–Trinajstić information content (AvgIpc) is 3.00. The van der Waals surface area contributed by atoms with E-state index in [1.807, 2.05) is 18.4 Å². The van der Waals surface area contributed by atoms with Gasteiger partial charge in [-0.2, -0.15) is 0 Å². The Labute approximate surface area is 132 Å². The van der Waals surface area contributed by atoms with Gasteiger partial charge in [0.2, 0.25) is 0 Å². The molecule has 0 bridgehead atoms. The average molecular weight is 319 g/mol. The number of carboxylic acids is 1. The number of anilines is 1. The van der Waals surface area contributed by atoms with Gasteiger partial charge in [-0.3, -0.25) is 4.79 Å². The Morgan fingerprint density at radius 1 is 1.23 bits per heavy atom. The highest BCUT2D eigenvalue weighted by molar-refractivity contribution is 7.12. The summed E-state index contributed by atoms with van der Waals surface area (Å²) >= 11 is 1.44. The third kappa shape index (κ3) is 3.65. The fourth-order valence-electron chi connectivity index (χ4n) is 1.98. The molecule has 0 radical (unpaired) electrons. The molecule has 6 heteroatoms. The molecule has 1 amide bonds. The molecule has 1 aromatic carbocycles. The summed E-state index contributed by atoms with van der Waals surface area (Å²) in [6.45, 7) is 1.64. The van der Waals surface area contributed by atoms with Gasteiger partial charge in [-0.15, -0.1) is 11.3 Å². The number of aryl methyl sites for hydroxylation is 1. The van der Waals surface area contributed by atoms with Crippen LogP contribution in [0.4, 0.5) is 5.69 Å². The van der Waals surface area contributed by atoms with Gasteiger partial charge in [-0.1, -0.05) is 6.92 Å². The van der Waals surface area contributed by atoms with Gasteiger partial charge in [0.05, 0.1) is 4.88 Å². The molecule has 1 aromatic heterocycles. The number of thiophene rings is 1. The molecule has 0 saturated carbocycles. The van der Waals surface area contributed by atoms with Crippen LogP contribution in [0.2, 0.25) is 0 Å². The fraction of sp³-hybridized carbons (Fsp3) is 0.250. The topological polar surface area (TPSA) is 66.8 Å². The van der Waals surface area contributed by atoms with Crippen molar-refractivity contribution < 1.29 is 19.4 Å². The minimum absolute atomic E-state index is 0.0499. The normalized spacial score (nSPS) is 10.3. The summed E-state index contributed by atoms with van der Waals surface area (Å²) in [4.78, 5) is 25.3. The predicted molar refractivity (Wildman–Crippen MR) is 86.0 cm³/mol. The van der Waals surface area contributed by atoms with Crippen LogP contribution in [0, 0.1) is 0 Å². The van der Waals surface area contributed by atoms with E-state index in [2.05, 4.69) is 0 Å². The van der Waals surface area contributed by atoms with E-state index in [0.29, 0.717) is 5.75 Å². The number of carboxylic acid groups (broad SMARTS) is 1. The molecule has 1 N–H and O–H groups in total.